The Kier molecular flexibility index (Phi) is 6.91. The van der Waals surface area contributed by atoms with E-state index in [1.807, 2.05) is 0 Å². The lowest BCUT2D eigenvalue weighted by Crippen LogP contribution is -2.77. The zero-order valence-electron chi connectivity index (χ0n) is 12.5. The second-order valence-corrected chi connectivity index (χ2v) is 4.60. The molecule has 0 radical (unpaired) electrons. The third kappa shape index (κ3) is 5.69. The lowest BCUT2D eigenvalue weighted by molar-refractivity contribution is -0.318. The van der Waals surface area contributed by atoms with Crippen molar-refractivity contribution < 1.29 is 67.0 Å². The molecule has 0 atom stereocenters. The van der Waals surface area contributed by atoms with Crippen molar-refractivity contribution >= 4 is 12.0 Å². The highest BCUT2D eigenvalue weighted by atomic mass is 19.4. The van der Waals surface area contributed by atoms with Crippen LogP contribution in [-0.4, -0.2) is 49.0 Å². The topological polar surface area (TPSA) is 67.4 Å². The molecule has 0 spiro atoms. The molecule has 5 nitrogen and oxygen atoms in total. The lowest BCUT2D eigenvalue weighted by Gasteiger charge is -2.38. The zero-order valence-corrected chi connectivity index (χ0v) is 12.5. The molecule has 0 heterocycles. The number of alkyl carbamates (subject to hydrolysis) is 1. The largest absolute Gasteiger partial charge is 0.450 e. The summed E-state index contributed by atoms with van der Waals surface area (Å²) in [6.45, 7) is 0.0870. The molecule has 2 N–H and O–H groups in total. The van der Waals surface area contributed by atoms with E-state index in [9.17, 15) is 62.3 Å². The van der Waals surface area contributed by atoms with Crippen LogP contribution in [0.1, 0.15) is 6.92 Å². The number of halogens is 12. The van der Waals surface area contributed by atoms with E-state index < -0.39 is 60.2 Å². The van der Waals surface area contributed by atoms with Crippen molar-refractivity contribution in [3.05, 3.63) is 0 Å². The molecule has 0 aromatic heterocycles. The van der Waals surface area contributed by atoms with E-state index in [1.165, 1.54) is 0 Å². The fraction of sp³-hybridized carbons (Fsp3) is 0.800. The van der Waals surface area contributed by atoms with Crippen molar-refractivity contribution in [1.29, 1.82) is 0 Å². The normalized spacial score (nSPS) is 14.1. The Morgan fingerprint density at radius 3 is 1.41 bits per heavy atom. The SMILES string of the molecule is CCOC(=O)NC(NC(=O)C(C(F)(F)F)C(F)(F)F)(C(F)(F)F)C(F)(F)F. The minimum atomic E-state index is -6.81. The molecule has 0 aliphatic rings. The van der Waals surface area contributed by atoms with Gasteiger partial charge in [0, 0.05) is 0 Å². The van der Waals surface area contributed by atoms with Crippen LogP contribution in [0.5, 0.6) is 0 Å². The summed E-state index contributed by atoms with van der Waals surface area (Å²) in [4.78, 5) is 22.1. The second kappa shape index (κ2) is 7.49. The standard InChI is InChI=1S/C10H8F12N2O3/c1-2-27-5(26)24-8(9(17,18)19,10(20,21)22)23-4(25)3(6(11,12)13)7(14,15)16/h3H,2H2,1H3,(H,23,25)(H,24,26). The van der Waals surface area contributed by atoms with Gasteiger partial charge < -0.3 is 10.1 Å². The van der Waals surface area contributed by atoms with Crippen molar-refractivity contribution in [3.63, 3.8) is 0 Å². The highest BCUT2D eigenvalue weighted by Gasteiger charge is 2.75. The zero-order chi connectivity index (χ0) is 22.1. The van der Waals surface area contributed by atoms with Crippen LogP contribution >= 0.6 is 0 Å². The lowest BCUT2D eigenvalue weighted by atomic mass is 10.0. The molecule has 0 aliphatic heterocycles. The van der Waals surface area contributed by atoms with Gasteiger partial charge in [0.1, 0.15) is 0 Å². The van der Waals surface area contributed by atoms with E-state index in [0.29, 0.717) is 0 Å². The first kappa shape index (κ1) is 24.9. The van der Waals surface area contributed by atoms with Gasteiger partial charge in [-0.15, -0.1) is 0 Å². The number of hydrogen-bond donors (Lipinski definition) is 2. The smallest absolute Gasteiger partial charge is 0.439 e. The Balaban J connectivity index is 6.32. The van der Waals surface area contributed by atoms with Crippen LogP contribution in [0.3, 0.4) is 0 Å². The number of ether oxygens (including phenoxy) is 1. The first-order valence-corrected chi connectivity index (χ1v) is 6.24. The first-order chi connectivity index (χ1) is 11.7. The Bertz CT molecular complexity index is 520. The predicted octanol–water partition coefficient (Wildman–Crippen LogP) is 3.41. The minimum absolute atomic E-state index is 0.0222. The summed E-state index contributed by atoms with van der Waals surface area (Å²) in [5.41, 5.74) is -5.99. The Labute approximate surface area is 141 Å². The Morgan fingerprint density at radius 1 is 0.778 bits per heavy atom. The number of carbonyl (C=O) groups excluding carboxylic acids is 2. The van der Waals surface area contributed by atoms with Gasteiger partial charge in [0.2, 0.25) is 11.8 Å². The highest BCUT2D eigenvalue weighted by molar-refractivity contribution is 5.82. The number of alkyl halides is 12. The molecule has 0 saturated carbocycles. The maximum Gasteiger partial charge on any atom is 0.439 e. The highest BCUT2D eigenvalue weighted by Crippen LogP contribution is 2.44. The summed E-state index contributed by atoms with van der Waals surface area (Å²) >= 11 is 0. The van der Waals surface area contributed by atoms with Crippen molar-refractivity contribution in [3.8, 4) is 0 Å². The van der Waals surface area contributed by atoms with Gasteiger partial charge in [0.15, 0.2) is 0 Å². The van der Waals surface area contributed by atoms with E-state index in [-0.39, 0.29) is 5.32 Å². The van der Waals surface area contributed by atoms with Gasteiger partial charge in [-0.2, -0.15) is 52.7 Å². The van der Waals surface area contributed by atoms with Crippen LogP contribution in [0.15, 0.2) is 0 Å². The van der Waals surface area contributed by atoms with Crippen LogP contribution in [0.4, 0.5) is 57.5 Å². The molecule has 0 fully saturated rings. The molecule has 27 heavy (non-hydrogen) atoms. The van der Waals surface area contributed by atoms with Crippen LogP contribution in [0.2, 0.25) is 0 Å². The third-order valence-corrected chi connectivity index (χ3v) is 2.64. The quantitative estimate of drug-likeness (QED) is 0.529. The summed E-state index contributed by atoms with van der Waals surface area (Å²) in [6, 6.07) is 0. The molecule has 0 saturated heterocycles. The molecule has 0 aromatic rings. The average Bonchev–Trinajstić information content (AvgIpc) is 2.31. The van der Waals surface area contributed by atoms with Crippen molar-refractivity contribution in [2.24, 2.45) is 5.92 Å². The summed E-state index contributed by atoms with van der Waals surface area (Å²) in [7, 11) is 0. The Hall–Kier alpha value is -2.10. The average molecular weight is 432 g/mol. The van der Waals surface area contributed by atoms with Gasteiger partial charge in [-0.3, -0.25) is 10.1 Å². The maximum atomic E-state index is 12.9. The van der Waals surface area contributed by atoms with Crippen LogP contribution in [-0.2, 0) is 9.53 Å². The van der Waals surface area contributed by atoms with E-state index in [0.717, 1.165) is 6.92 Å². The van der Waals surface area contributed by atoms with Crippen LogP contribution in [0, 0.1) is 5.92 Å². The van der Waals surface area contributed by atoms with Gasteiger partial charge in [-0.1, -0.05) is 0 Å². The summed E-state index contributed by atoms with van der Waals surface area (Å²) in [6.07, 6.45) is -29.3. The fourth-order valence-electron chi connectivity index (χ4n) is 1.54. The molecular weight excluding hydrogens is 424 g/mol. The van der Waals surface area contributed by atoms with Gasteiger partial charge >= 0.3 is 36.5 Å². The third-order valence-electron chi connectivity index (χ3n) is 2.64. The molecule has 17 heteroatoms. The molecular formula is C10H8F12N2O3. The summed E-state index contributed by atoms with van der Waals surface area (Å²) in [5, 5.41) is -0.406. The second-order valence-electron chi connectivity index (χ2n) is 4.60. The molecule has 0 aliphatic carbocycles. The van der Waals surface area contributed by atoms with Crippen molar-refractivity contribution in [1.82, 2.24) is 10.6 Å². The first-order valence-electron chi connectivity index (χ1n) is 6.24. The van der Waals surface area contributed by atoms with E-state index >= 15 is 0 Å². The van der Waals surface area contributed by atoms with Crippen molar-refractivity contribution in [2.45, 2.75) is 37.3 Å². The molecule has 0 aromatic carbocycles. The van der Waals surface area contributed by atoms with E-state index in [2.05, 4.69) is 4.74 Å². The number of amides is 2. The fourth-order valence-corrected chi connectivity index (χ4v) is 1.54. The van der Waals surface area contributed by atoms with Crippen LogP contribution in [0.25, 0.3) is 0 Å². The molecule has 2 amide bonds. The van der Waals surface area contributed by atoms with Crippen LogP contribution < -0.4 is 10.6 Å². The molecule has 0 rings (SSSR count). The van der Waals surface area contributed by atoms with Gasteiger partial charge in [-0.25, -0.2) is 4.79 Å². The minimum Gasteiger partial charge on any atom is -0.450 e. The number of hydrogen-bond acceptors (Lipinski definition) is 3. The molecule has 0 bridgehead atoms. The Morgan fingerprint density at radius 2 is 1.15 bits per heavy atom. The van der Waals surface area contributed by atoms with Gasteiger partial charge in [0.25, 0.3) is 0 Å². The number of carbonyl (C=O) groups is 2. The van der Waals surface area contributed by atoms with E-state index in [4.69, 9.17) is 0 Å². The number of rotatable bonds is 4. The maximum absolute atomic E-state index is 12.9. The molecule has 0 unspecified atom stereocenters. The molecule has 160 valence electrons. The van der Waals surface area contributed by atoms with E-state index in [1.54, 1.807) is 0 Å². The monoisotopic (exact) mass is 432 g/mol. The number of nitrogens with one attached hydrogen (secondary N) is 2. The summed E-state index contributed by atoms with van der Waals surface area (Å²) < 4.78 is 155. The van der Waals surface area contributed by atoms with Gasteiger partial charge in [-0.05, 0) is 6.92 Å². The van der Waals surface area contributed by atoms with Gasteiger partial charge in [0.05, 0.1) is 6.61 Å². The summed E-state index contributed by atoms with van der Waals surface area (Å²) in [5.74, 6) is -8.99. The van der Waals surface area contributed by atoms with Crippen molar-refractivity contribution in [2.75, 3.05) is 6.61 Å². The predicted molar refractivity (Wildman–Crippen MR) is 58.7 cm³/mol.